The summed E-state index contributed by atoms with van der Waals surface area (Å²) in [4.78, 5) is 15.9. The Bertz CT molecular complexity index is 495. The van der Waals surface area contributed by atoms with E-state index in [2.05, 4.69) is 35.5 Å². The van der Waals surface area contributed by atoms with Crippen LogP contribution in [0.3, 0.4) is 0 Å². The number of aryl methyl sites for hydroxylation is 1. The number of nitrogens with zero attached hydrogens (tertiary/aromatic N) is 1. The number of nitrogens with one attached hydrogen (secondary N) is 1. The van der Waals surface area contributed by atoms with Crippen LogP contribution in [0.2, 0.25) is 0 Å². The Hall–Kier alpha value is -1.00. The molecule has 20 heavy (non-hydrogen) atoms. The highest BCUT2D eigenvalue weighted by Crippen LogP contribution is 2.31. The minimum absolute atomic E-state index is 0.205. The van der Waals surface area contributed by atoms with Crippen LogP contribution in [0.1, 0.15) is 24.0 Å². The Morgan fingerprint density at radius 3 is 3.00 bits per heavy atom. The number of piperidine rings is 1. The highest BCUT2D eigenvalue weighted by Gasteiger charge is 2.23. The summed E-state index contributed by atoms with van der Waals surface area (Å²) < 4.78 is 0. The molecule has 0 aliphatic carbocycles. The maximum atomic E-state index is 12.2. The molecule has 1 N–H and O–H groups in total. The SMILES string of the molecule is CN1CCC(C(=O)NCc2ccc3c(c2)CCS3)CC1. The maximum Gasteiger partial charge on any atom is 0.223 e. The molecular weight excluding hydrogens is 268 g/mol. The number of benzene rings is 1. The Morgan fingerprint density at radius 1 is 1.40 bits per heavy atom. The minimum atomic E-state index is 0.205. The zero-order valence-corrected chi connectivity index (χ0v) is 12.8. The molecule has 0 atom stereocenters. The van der Waals surface area contributed by atoms with Crippen molar-refractivity contribution in [3.8, 4) is 0 Å². The van der Waals surface area contributed by atoms with Crippen molar-refractivity contribution < 1.29 is 4.79 Å². The van der Waals surface area contributed by atoms with E-state index in [1.807, 2.05) is 11.8 Å². The van der Waals surface area contributed by atoms with E-state index < -0.39 is 0 Å². The van der Waals surface area contributed by atoms with Crippen LogP contribution in [0.25, 0.3) is 0 Å². The fourth-order valence-corrected chi connectivity index (χ4v) is 4.01. The van der Waals surface area contributed by atoms with Gasteiger partial charge in [-0.05, 0) is 56.6 Å². The first kappa shape index (κ1) is 14.0. The lowest BCUT2D eigenvalue weighted by molar-refractivity contribution is -0.126. The van der Waals surface area contributed by atoms with E-state index in [4.69, 9.17) is 0 Å². The monoisotopic (exact) mass is 290 g/mol. The quantitative estimate of drug-likeness (QED) is 0.927. The number of hydrogen-bond donors (Lipinski definition) is 1. The highest BCUT2D eigenvalue weighted by molar-refractivity contribution is 7.99. The molecular formula is C16H22N2OS. The van der Waals surface area contributed by atoms with Gasteiger partial charge in [-0.15, -0.1) is 11.8 Å². The van der Waals surface area contributed by atoms with Crippen LogP contribution >= 0.6 is 11.8 Å². The molecule has 108 valence electrons. The van der Waals surface area contributed by atoms with Crippen molar-refractivity contribution in [3.63, 3.8) is 0 Å². The summed E-state index contributed by atoms with van der Waals surface area (Å²) >= 11 is 1.93. The van der Waals surface area contributed by atoms with Crippen LogP contribution in [0.5, 0.6) is 0 Å². The lowest BCUT2D eigenvalue weighted by Gasteiger charge is -2.28. The fourth-order valence-electron chi connectivity index (χ4n) is 2.95. The summed E-state index contributed by atoms with van der Waals surface area (Å²) in [5.74, 6) is 1.63. The molecule has 1 aromatic carbocycles. The molecule has 3 rings (SSSR count). The Balaban J connectivity index is 1.53. The first-order valence-corrected chi connectivity index (χ1v) is 8.42. The second-order valence-electron chi connectivity index (χ2n) is 5.84. The third-order valence-electron chi connectivity index (χ3n) is 4.31. The molecule has 0 aromatic heterocycles. The number of amides is 1. The van der Waals surface area contributed by atoms with Gasteiger partial charge < -0.3 is 10.2 Å². The molecule has 1 fully saturated rings. The Labute approximate surface area is 125 Å². The number of thioether (sulfide) groups is 1. The predicted octanol–water partition coefficient (Wildman–Crippen LogP) is 2.29. The van der Waals surface area contributed by atoms with E-state index in [9.17, 15) is 4.79 Å². The first-order valence-electron chi connectivity index (χ1n) is 7.43. The number of carbonyl (C=O) groups is 1. The van der Waals surface area contributed by atoms with Crippen molar-refractivity contribution >= 4 is 17.7 Å². The van der Waals surface area contributed by atoms with Crippen LogP contribution in [-0.2, 0) is 17.8 Å². The minimum Gasteiger partial charge on any atom is -0.352 e. The molecule has 4 heteroatoms. The zero-order valence-electron chi connectivity index (χ0n) is 12.0. The molecule has 1 saturated heterocycles. The third kappa shape index (κ3) is 3.18. The van der Waals surface area contributed by atoms with Crippen molar-refractivity contribution in [2.45, 2.75) is 30.7 Å². The van der Waals surface area contributed by atoms with Crippen LogP contribution < -0.4 is 5.32 Å². The van der Waals surface area contributed by atoms with Crippen molar-refractivity contribution in [2.75, 3.05) is 25.9 Å². The number of rotatable bonds is 3. The lowest BCUT2D eigenvalue weighted by Crippen LogP contribution is -2.38. The lowest BCUT2D eigenvalue weighted by atomic mass is 9.96. The van der Waals surface area contributed by atoms with E-state index in [1.54, 1.807) is 0 Å². The van der Waals surface area contributed by atoms with Crippen molar-refractivity contribution in [1.29, 1.82) is 0 Å². The Kier molecular flexibility index (Phi) is 4.32. The van der Waals surface area contributed by atoms with Crippen LogP contribution in [0.4, 0.5) is 0 Å². The third-order valence-corrected chi connectivity index (χ3v) is 5.43. The number of hydrogen-bond acceptors (Lipinski definition) is 3. The van der Waals surface area contributed by atoms with Gasteiger partial charge in [0.1, 0.15) is 0 Å². The van der Waals surface area contributed by atoms with Gasteiger partial charge in [-0.25, -0.2) is 0 Å². The molecule has 3 nitrogen and oxygen atoms in total. The van der Waals surface area contributed by atoms with Gasteiger partial charge in [0.05, 0.1) is 0 Å². The maximum absolute atomic E-state index is 12.2. The van der Waals surface area contributed by atoms with Gasteiger partial charge in [0.2, 0.25) is 5.91 Å². The smallest absolute Gasteiger partial charge is 0.223 e. The second kappa shape index (κ2) is 6.19. The topological polar surface area (TPSA) is 32.3 Å². The van der Waals surface area contributed by atoms with E-state index in [1.165, 1.54) is 21.8 Å². The van der Waals surface area contributed by atoms with Crippen LogP contribution in [-0.4, -0.2) is 36.7 Å². The largest absolute Gasteiger partial charge is 0.352 e. The molecule has 0 unspecified atom stereocenters. The highest BCUT2D eigenvalue weighted by atomic mass is 32.2. The molecule has 1 aromatic rings. The number of carbonyl (C=O) groups excluding carboxylic acids is 1. The van der Waals surface area contributed by atoms with Gasteiger partial charge in [0, 0.05) is 23.1 Å². The van der Waals surface area contributed by atoms with E-state index in [-0.39, 0.29) is 11.8 Å². The molecule has 0 spiro atoms. The summed E-state index contributed by atoms with van der Waals surface area (Å²) in [6.45, 7) is 2.74. The van der Waals surface area contributed by atoms with E-state index in [0.717, 1.165) is 32.4 Å². The average molecular weight is 290 g/mol. The van der Waals surface area contributed by atoms with Gasteiger partial charge in [0.15, 0.2) is 0 Å². The summed E-state index contributed by atoms with van der Waals surface area (Å²) in [5, 5.41) is 3.11. The number of fused-ring (bicyclic) bond motifs is 1. The molecule has 0 bridgehead atoms. The van der Waals surface area contributed by atoms with Crippen molar-refractivity contribution in [2.24, 2.45) is 5.92 Å². The predicted molar refractivity (Wildman–Crippen MR) is 82.9 cm³/mol. The molecule has 0 radical (unpaired) electrons. The molecule has 0 saturated carbocycles. The standard InChI is InChI=1S/C16H22N2OS/c1-18-7-4-13(5-8-18)16(19)17-11-12-2-3-15-14(10-12)6-9-20-15/h2-3,10,13H,4-9,11H2,1H3,(H,17,19). The molecule has 2 aliphatic heterocycles. The van der Waals surface area contributed by atoms with Gasteiger partial charge in [-0.1, -0.05) is 12.1 Å². The Morgan fingerprint density at radius 2 is 2.20 bits per heavy atom. The summed E-state index contributed by atoms with van der Waals surface area (Å²) in [7, 11) is 2.12. The molecule has 2 aliphatic rings. The fraction of sp³-hybridized carbons (Fsp3) is 0.562. The summed E-state index contributed by atoms with van der Waals surface area (Å²) in [6, 6.07) is 6.60. The zero-order chi connectivity index (χ0) is 13.9. The van der Waals surface area contributed by atoms with Gasteiger partial charge in [-0.3, -0.25) is 4.79 Å². The first-order chi connectivity index (χ1) is 9.72. The van der Waals surface area contributed by atoms with Gasteiger partial charge in [0.25, 0.3) is 0 Å². The second-order valence-corrected chi connectivity index (χ2v) is 6.97. The van der Waals surface area contributed by atoms with Crippen LogP contribution in [0.15, 0.2) is 23.1 Å². The molecule has 2 heterocycles. The van der Waals surface area contributed by atoms with Crippen molar-refractivity contribution in [1.82, 2.24) is 10.2 Å². The van der Waals surface area contributed by atoms with Crippen LogP contribution in [0, 0.1) is 5.92 Å². The summed E-state index contributed by atoms with van der Waals surface area (Å²) in [5.41, 5.74) is 2.67. The number of likely N-dealkylation sites (tertiary alicyclic amines) is 1. The van der Waals surface area contributed by atoms with E-state index >= 15 is 0 Å². The molecule has 1 amide bonds. The average Bonchev–Trinajstić information content (AvgIpc) is 2.93. The van der Waals surface area contributed by atoms with Gasteiger partial charge >= 0.3 is 0 Å². The summed E-state index contributed by atoms with van der Waals surface area (Å²) in [6.07, 6.45) is 3.14. The van der Waals surface area contributed by atoms with Crippen molar-refractivity contribution in [3.05, 3.63) is 29.3 Å². The van der Waals surface area contributed by atoms with E-state index in [0.29, 0.717) is 6.54 Å². The van der Waals surface area contributed by atoms with Gasteiger partial charge in [-0.2, -0.15) is 0 Å². The normalized spacial score (nSPS) is 19.9.